The summed E-state index contributed by atoms with van der Waals surface area (Å²) in [6, 6.07) is 20.5. The molecule has 3 nitrogen and oxygen atoms in total. The molecule has 0 saturated heterocycles. The number of hydrogen-bond donors (Lipinski definition) is 1. The predicted molar refractivity (Wildman–Crippen MR) is 99.5 cm³/mol. The zero-order chi connectivity index (χ0) is 17.2. The van der Waals surface area contributed by atoms with E-state index in [0.717, 1.165) is 33.6 Å². The van der Waals surface area contributed by atoms with Gasteiger partial charge >= 0.3 is 0 Å². The van der Waals surface area contributed by atoms with Gasteiger partial charge in [0.2, 0.25) is 0 Å². The molecule has 0 aliphatic rings. The van der Waals surface area contributed by atoms with Gasteiger partial charge in [-0.1, -0.05) is 29.8 Å². The summed E-state index contributed by atoms with van der Waals surface area (Å²) in [5.41, 5.74) is 5.32. The van der Waals surface area contributed by atoms with Gasteiger partial charge in [-0.15, -0.1) is 0 Å². The van der Waals surface area contributed by atoms with Crippen LogP contribution in [0, 0.1) is 0 Å². The summed E-state index contributed by atoms with van der Waals surface area (Å²) in [6.45, 7) is 0. The Balaban J connectivity index is 1.92. The second kappa shape index (κ2) is 6.46. The Labute approximate surface area is 150 Å². The van der Waals surface area contributed by atoms with Gasteiger partial charge in [0.1, 0.15) is 5.75 Å². The van der Waals surface area contributed by atoms with E-state index in [9.17, 15) is 5.11 Å². The molecule has 4 rings (SSSR count). The van der Waals surface area contributed by atoms with E-state index in [1.807, 2.05) is 54.6 Å². The fraction of sp³-hybridized carbons (Fsp3) is 0. The van der Waals surface area contributed by atoms with Crippen LogP contribution in [0.25, 0.3) is 33.6 Å². The molecule has 0 spiro atoms. The van der Waals surface area contributed by atoms with Crippen LogP contribution in [-0.2, 0) is 0 Å². The van der Waals surface area contributed by atoms with Crippen molar-refractivity contribution in [1.82, 2.24) is 4.98 Å². The Hall–Kier alpha value is -3.04. The van der Waals surface area contributed by atoms with Crippen molar-refractivity contribution in [1.29, 1.82) is 0 Å². The van der Waals surface area contributed by atoms with Crippen molar-refractivity contribution in [3.05, 3.63) is 84.3 Å². The minimum atomic E-state index is 0.223. The first kappa shape index (κ1) is 15.5. The Morgan fingerprint density at radius 2 is 1.56 bits per heavy atom. The summed E-state index contributed by atoms with van der Waals surface area (Å²) in [7, 11) is 0. The zero-order valence-corrected chi connectivity index (χ0v) is 13.9. The zero-order valence-electron chi connectivity index (χ0n) is 13.2. The van der Waals surface area contributed by atoms with Crippen LogP contribution in [0.15, 0.2) is 83.7 Å². The second-order valence-corrected chi connectivity index (χ2v) is 6.07. The van der Waals surface area contributed by atoms with E-state index in [-0.39, 0.29) is 5.75 Å². The molecule has 4 heteroatoms. The number of phenolic OH excluding ortho intramolecular Hbond substituents is 1. The lowest BCUT2D eigenvalue weighted by Gasteiger charge is -2.10. The highest BCUT2D eigenvalue weighted by molar-refractivity contribution is 6.33. The molecule has 0 bridgehead atoms. The van der Waals surface area contributed by atoms with Gasteiger partial charge in [-0.25, -0.2) is 4.98 Å². The average molecular weight is 348 g/mol. The van der Waals surface area contributed by atoms with Gasteiger partial charge in [-0.3, -0.25) is 0 Å². The van der Waals surface area contributed by atoms with Gasteiger partial charge in [0, 0.05) is 21.7 Å². The molecule has 0 radical (unpaired) electrons. The standard InChI is InChI=1S/C21H14ClNO2/c22-19-4-2-1-3-18(19)21-12-16(15-9-10-25-13-15)11-20(23-21)14-5-7-17(24)8-6-14/h1-13,24H. The number of aromatic hydroxyl groups is 1. The Morgan fingerprint density at radius 3 is 2.28 bits per heavy atom. The highest BCUT2D eigenvalue weighted by atomic mass is 35.5. The van der Waals surface area contributed by atoms with E-state index in [1.165, 1.54) is 0 Å². The SMILES string of the molecule is Oc1ccc(-c2cc(-c3ccoc3)cc(-c3ccccc3Cl)n2)cc1. The number of rotatable bonds is 3. The fourth-order valence-electron chi connectivity index (χ4n) is 2.71. The van der Waals surface area contributed by atoms with Crippen molar-refractivity contribution in [2.75, 3.05) is 0 Å². The number of benzene rings is 2. The van der Waals surface area contributed by atoms with Crippen molar-refractivity contribution in [2.45, 2.75) is 0 Å². The van der Waals surface area contributed by atoms with Crippen molar-refractivity contribution in [3.63, 3.8) is 0 Å². The summed E-state index contributed by atoms with van der Waals surface area (Å²) < 4.78 is 5.22. The molecule has 1 N–H and O–H groups in total. The highest BCUT2D eigenvalue weighted by Crippen LogP contribution is 2.33. The molecular weight excluding hydrogens is 334 g/mol. The molecule has 0 aliphatic heterocycles. The lowest BCUT2D eigenvalue weighted by atomic mass is 10.0. The lowest BCUT2D eigenvalue weighted by molar-refractivity contribution is 0.475. The number of aromatic nitrogens is 1. The maximum absolute atomic E-state index is 9.53. The number of halogens is 1. The first-order chi connectivity index (χ1) is 12.2. The van der Waals surface area contributed by atoms with E-state index < -0.39 is 0 Å². The summed E-state index contributed by atoms with van der Waals surface area (Å²) in [6.07, 6.45) is 3.34. The van der Waals surface area contributed by atoms with Crippen LogP contribution in [0.5, 0.6) is 5.75 Å². The van der Waals surface area contributed by atoms with Crippen LogP contribution >= 0.6 is 11.6 Å². The monoisotopic (exact) mass is 347 g/mol. The van der Waals surface area contributed by atoms with Crippen LogP contribution in [0.1, 0.15) is 0 Å². The van der Waals surface area contributed by atoms with Crippen LogP contribution in [0.4, 0.5) is 0 Å². The first-order valence-corrected chi connectivity index (χ1v) is 8.17. The number of nitrogens with zero attached hydrogens (tertiary/aromatic N) is 1. The van der Waals surface area contributed by atoms with Crippen molar-refractivity contribution in [2.24, 2.45) is 0 Å². The van der Waals surface area contributed by atoms with Gasteiger partial charge in [0.15, 0.2) is 0 Å². The maximum Gasteiger partial charge on any atom is 0.115 e. The third kappa shape index (κ3) is 3.14. The number of hydrogen-bond acceptors (Lipinski definition) is 3. The molecule has 0 unspecified atom stereocenters. The van der Waals surface area contributed by atoms with Gasteiger partial charge < -0.3 is 9.52 Å². The molecule has 0 amide bonds. The minimum Gasteiger partial charge on any atom is -0.508 e. The summed E-state index contributed by atoms with van der Waals surface area (Å²) in [5, 5.41) is 10.2. The third-order valence-electron chi connectivity index (χ3n) is 3.99. The van der Waals surface area contributed by atoms with Crippen molar-refractivity contribution in [3.8, 4) is 39.4 Å². The summed E-state index contributed by atoms with van der Waals surface area (Å²) in [5.74, 6) is 0.223. The first-order valence-electron chi connectivity index (χ1n) is 7.80. The van der Waals surface area contributed by atoms with Gasteiger partial charge in [-0.05, 0) is 54.1 Å². The van der Waals surface area contributed by atoms with Crippen LogP contribution < -0.4 is 0 Å². The molecule has 2 heterocycles. The highest BCUT2D eigenvalue weighted by Gasteiger charge is 2.11. The second-order valence-electron chi connectivity index (χ2n) is 5.67. The van der Waals surface area contributed by atoms with Gasteiger partial charge in [0.25, 0.3) is 0 Å². The molecule has 0 aliphatic carbocycles. The maximum atomic E-state index is 9.53. The summed E-state index contributed by atoms with van der Waals surface area (Å²) in [4.78, 5) is 4.78. The van der Waals surface area contributed by atoms with Crippen LogP contribution in [-0.4, -0.2) is 10.1 Å². The van der Waals surface area contributed by atoms with E-state index in [2.05, 4.69) is 0 Å². The number of furan rings is 1. The number of phenols is 1. The third-order valence-corrected chi connectivity index (χ3v) is 4.32. The van der Waals surface area contributed by atoms with E-state index in [1.54, 1.807) is 24.7 Å². The van der Waals surface area contributed by atoms with E-state index >= 15 is 0 Å². The molecular formula is C21H14ClNO2. The normalized spacial score (nSPS) is 10.8. The molecule has 122 valence electrons. The van der Waals surface area contributed by atoms with Crippen molar-refractivity contribution < 1.29 is 9.52 Å². The molecule has 2 aromatic heterocycles. The Kier molecular flexibility index (Phi) is 4.00. The molecule has 25 heavy (non-hydrogen) atoms. The molecule has 0 atom stereocenters. The van der Waals surface area contributed by atoms with Crippen molar-refractivity contribution >= 4 is 11.6 Å². The number of pyridine rings is 1. The fourth-order valence-corrected chi connectivity index (χ4v) is 2.95. The minimum absolute atomic E-state index is 0.223. The smallest absolute Gasteiger partial charge is 0.115 e. The molecule has 2 aromatic carbocycles. The molecule has 0 saturated carbocycles. The topological polar surface area (TPSA) is 46.3 Å². The van der Waals surface area contributed by atoms with E-state index in [0.29, 0.717) is 5.02 Å². The molecule has 0 fully saturated rings. The molecule has 4 aromatic rings. The van der Waals surface area contributed by atoms with Crippen LogP contribution in [0.3, 0.4) is 0 Å². The average Bonchev–Trinajstić information content (AvgIpc) is 3.17. The summed E-state index contributed by atoms with van der Waals surface area (Å²) >= 11 is 6.36. The van der Waals surface area contributed by atoms with Gasteiger partial charge in [0.05, 0.1) is 23.9 Å². The Morgan fingerprint density at radius 1 is 0.800 bits per heavy atom. The van der Waals surface area contributed by atoms with Crippen LogP contribution in [0.2, 0.25) is 5.02 Å². The van der Waals surface area contributed by atoms with E-state index in [4.69, 9.17) is 21.0 Å². The predicted octanol–water partition coefficient (Wildman–Crippen LogP) is 6.03. The van der Waals surface area contributed by atoms with Gasteiger partial charge in [-0.2, -0.15) is 0 Å². The largest absolute Gasteiger partial charge is 0.508 e. The quantitative estimate of drug-likeness (QED) is 0.491. The Bertz CT molecular complexity index is 1010. The lowest BCUT2D eigenvalue weighted by Crippen LogP contribution is -1.91.